The Morgan fingerprint density at radius 2 is 1.84 bits per heavy atom. The van der Waals surface area contributed by atoms with Crippen molar-refractivity contribution >= 4 is 22.9 Å². The number of ether oxygens (including phenoxy) is 1. The third-order valence-corrected chi connectivity index (χ3v) is 6.45. The van der Waals surface area contributed by atoms with Gasteiger partial charge < -0.3 is 15.0 Å². The molecule has 32 heavy (non-hydrogen) atoms. The van der Waals surface area contributed by atoms with E-state index in [0.29, 0.717) is 12.1 Å². The molecule has 1 aromatic heterocycles. The summed E-state index contributed by atoms with van der Waals surface area (Å²) in [5.41, 5.74) is 5.67. The van der Waals surface area contributed by atoms with Gasteiger partial charge in [-0.2, -0.15) is 0 Å². The van der Waals surface area contributed by atoms with Crippen molar-refractivity contribution in [2.45, 2.75) is 12.8 Å². The van der Waals surface area contributed by atoms with E-state index in [0.717, 1.165) is 62.6 Å². The number of aromatic nitrogens is 1. The molecule has 0 bridgehead atoms. The molecule has 0 saturated carbocycles. The average molecular weight is 451 g/mol. The van der Waals surface area contributed by atoms with Gasteiger partial charge in [0.15, 0.2) is 0 Å². The average Bonchev–Trinajstić information content (AvgIpc) is 3.39. The number of benzene rings is 2. The van der Waals surface area contributed by atoms with Gasteiger partial charge in [0, 0.05) is 49.2 Å². The third kappa shape index (κ3) is 5.66. The number of carbonyl (C=O) groups is 1. The Morgan fingerprint density at radius 1 is 1.06 bits per heavy atom. The normalized spacial score (nSPS) is 14.3. The summed E-state index contributed by atoms with van der Waals surface area (Å²) in [7, 11) is 1.73. The first-order valence-electron chi connectivity index (χ1n) is 11.1. The second kappa shape index (κ2) is 11.1. The van der Waals surface area contributed by atoms with Gasteiger partial charge in [-0.3, -0.25) is 9.69 Å². The fourth-order valence-electron chi connectivity index (χ4n) is 4.02. The zero-order valence-corrected chi connectivity index (χ0v) is 19.3. The van der Waals surface area contributed by atoms with Gasteiger partial charge in [0.1, 0.15) is 5.75 Å². The van der Waals surface area contributed by atoms with Crippen LogP contribution in [0.3, 0.4) is 0 Å². The molecule has 0 aliphatic carbocycles. The lowest BCUT2D eigenvalue weighted by molar-refractivity contribution is 0.0952. The van der Waals surface area contributed by atoms with Crippen molar-refractivity contribution in [3.63, 3.8) is 0 Å². The minimum absolute atomic E-state index is 0.0137. The van der Waals surface area contributed by atoms with Crippen LogP contribution >= 0.6 is 11.3 Å². The number of anilines is 1. The minimum Gasteiger partial charge on any atom is -0.495 e. The zero-order chi connectivity index (χ0) is 22.2. The van der Waals surface area contributed by atoms with Gasteiger partial charge in [-0.25, -0.2) is 4.98 Å². The van der Waals surface area contributed by atoms with Crippen molar-refractivity contribution in [3.05, 3.63) is 65.0 Å². The van der Waals surface area contributed by atoms with Gasteiger partial charge in [0.05, 0.1) is 24.0 Å². The molecular formula is C25H30N4O2S. The van der Waals surface area contributed by atoms with Crippen LogP contribution in [0, 0.1) is 0 Å². The monoisotopic (exact) mass is 450 g/mol. The zero-order valence-electron chi connectivity index (χ0n) is 18.5. The summed E-state index contributed by atoms with van der Waals surface area (Å²) in [5, 5.41) is 5.05. The highest BCUT2D eigenvalue weighted by molar-refractivity contribution is 7.07. The van der Waals surface area contributed by atoms with Crippen molar-refractivity contribution in [1.29, 1.82) is 0 Å². The second-order valence-corrected chi connectivity index (χ2v) is 8.63. The van der Waals surface area contributed by atoms with Crippen molar-refractivity contribution < 1.29 is 9.53 Å². The van der Waals surface area contributed by atoms with E-state index in [1.165, 1.54) is 5.69 Å². The van der Waals surface area contributed by atoms with Crippen molar-refractivity contribution in [3.8, 4) is 17.0 Å². The Morgan fingerprint density at radius 3 is 2.56 bits per heavy atom. The Labute approximate surface area is 193 Å². The van der Waals surface area contributed by atoms with Crippen LogP contribution in [0.25, 0.3) is 11.3 Å². The van der Waals surface area contributed by atoms with Gasteiger partial charge in [0.2, 0.25) is 0 Å². The molecule has 1 aliphatic rings. The lowest BCUT2D eigenvalue weighted by Crippen LogP contribution is -2.46. The molecular weight excluding hydrogens is 420 g/mol. The number of nitrogens with one attached hydrogen (secondary N) is 1. The van der Waals surface area contributed by atoms with Crippen LogP contribution < -0.4 is 15.0 Å². The molecule has 0 spiro atoms. The van der Waals surface area contributed by atoms with Gasteiger partial charge in [-0.05, 0) is 43.7 Å². The number of hydrogen-bond donors (Lipinski definition) is 1. The summed E-state index contributed by atoms with van der Waals surface area (Å²) in [6, 6.07) is 15.9. The molecule has 2 heterocycles. The Bertz CT molecular complexity index is 983. The van der Waals surface area contributed by atoms with E-state index in [1.54, 1.807) is 18.4 Å². The van der Waals surface area contributed by atoms with E-state index in [4.69, 9.17) is 4.74 Å². The van der Waals surface area contributed by atoms with Crippen LogP contribution in [0.1, 0.15) is 23.2 Å². The molecule has 0 unspecified atom stereocenters. The summed E-state index contributed by atoms with van der Waals surface area (Å²) < 4.78 is 5.50. The molecule has 1 N–H and O–H groups in total. The number of unbranched alkanes of at least 4 members (excludes halogenated alkanes) is 1. The number of methoxy groups -OCH3 is 1. The van der Waals surface area contributed by atoms with Gasteiger partial charge >= 0.3 is 0 Å². The number of hydrogen-bond acceptors (Lipinski definition) is 6. The molecule has 2 aromatic carbocycles. The molecule has 0 radical (unpaired) electrons. The highest BCUT2D eigenvalue weighted by Gasteiger charge is 2.19. The van der Waals surface area contributed by atoms with Crippen LogP contribution in [0.15, 0.2) is 59.4 Å². The highest BCUT2D eigenvalue weighted by Crippen LogP contribution is 2.28. The fourth-order valence-corrected chi connectivity index (χ4v) is 4.58. The van der Waals surface area contributed by atoms with Gasteiger partial charge in [-0.15, -0.1) is 11.3 Å². The van der Waals surface area contributed by atoms with Crippen molar-refractivity contribution in [1.82, 2.24) is 15.2 Å². The molecule has 4 rings (SSSR count). The standard InChI is InChI=1S/C25H30N4O2S/c1-31-24-7-3-2-6-23(24)29-16-14-28(15-17-29)13-5-4-12-26-25(30)21-10-8-20(9-11-21)22-18-32-19-27-22/h2-3,6-11,18-19H,4-5,12-17H2,1H3,(H,26,30). The van der Waals surface area contributed by atoms with Crippen molar-refractivity contribution in [2.24, 2.45) is 0 Å². The molecule has 1 amide bonds. The molecule has 1 saturated heterocycles. The Kier molecular flexibility index (Phi) is 7.74. The summed E-state index contributed by atoms with van der Waals surface area (Å²) in [4.78, 5) is 21.6. The maximum absolute atomic E-state index is 12.4. The molecule has 168 valence electrons. The first kappa shape index (κ1) is 22.3. The van der Waals surface area contributed by atoms with Crippen LogP contribution in [-0.2, 0) is 0 Å². The Balaban J connectivity index is 1.13. The number of amides is 1. The fraction of sp³-hybridized carbons (Fsp3) is 0.360. The molecule has 0 atom stereocenters. The minimum atomic E-state index is -0.0137. The maximum Gasteiger partial charge on any atom is 0.251 e. The summed E-state index contributed by atoms with van der Waals surface area (Å²) in [5.74, 6) is 0.926. The SMILES string of the molecule is COc1ccccc1N1CCN(CCCCNC(=O)c2ccc(-c3cscn3)cc2)CC1. The molecule has 3 aromatic rings. The number of para-hydroxylation sites is 2. The molecule has 1 fully saturated rings. The van der Waals surface area contributed by atoms with E-state index >= 15 is 0 Å². The van der Waals surface area contributed by atoms with E-state index in [1.807, 2.05) is 47.3 Å². The Hall–Kier alpha value is -2.90. The maximum atomic E-state index is 12.4. The molecule has 6 nitrogen and oxygen atoms in total. The predicted octanol–water partition coefficient (Wildman–Crippen LogP) is 4.15. The van der Waals surface area contributed by atoms with Crippen LogP contribution in [0.2, 0.25) is 0 Å². The summed E-state index contributed by atoms with van der Waals surface area (Å²) >= 11 is 1.57. The lowest BCUT2D eigenvalue weighted by atomic mass is 10.1. The van der Waals surface area contributed by atoms with Gasteiger partial charge in [0.25, 0.3) is 5.91 Å². The van der Waals surface area contributed by atoms with Crippen molar-refractivity contribution in [2.75, 3.05) is 51.3 Å². The van der Waals surface area contributed by atoms with Crippen LogP contribution in [0.5, 0.6) is 5.75 Å². The summed E-state index contributed by atoms with van der Waals surface area (Å²) in [6.45, 7) is 5.89. The number of rotatable bonds is 9. The smallest absolute Gasteiger partial charge is 0.251 e. The number of nitrogens with zero attached hydrogens (tertiary/aromatic N) is 3. The van der Waals surface area contributed by atoms with E-state index in [2.05, 4.69) is 32.2 Å². The van der Waals surface area contributed by atoms with E-state index < -0.39 is 0 Å². The quantitative estimate of drug-likeness (QED) is 0.497. The number of piperazine rings is 1. The summed E-state index contributed by atoms with van der Waals surface area (Å²) in [6.07, 6.45) is 2.06. The van der Waals surface area contributed by atoms with Crippen LogP contribution in [-0.4, -0.2) is 62.2 Å². The van der Waals surface area contributed by atoms with E-state index in [9.17, 15) is 4.79 Å². The number of carbonyl (C=O) groups excluding carboxylic acids is 1. The van der Waals surface area contributed by atoms with Gasteiger partial charge in [-0.1, -0.05) is 24.3 Å². The molecule has 1 aliphatic heterocycles. The van der Waals surface area contributed by atoms with E-state index in [-0.39, 0.29) is 5.91 Å². The van der Waals surface area contributed by atoms with Crippen LogP contribution in [0.4, 0.5) is 5.69 Å². The molecule has 7 heteroatoms. The second-order valence-electron chi connectivity index (χ2n) is 7.91. The highest BCUT2D eigenvalue weighted by atomic mass is 32.1. The largest absolute Gasteiger partial charge is 0.495 e. The first-order valence-corrected chi connectivity index (χ1v) is 12.1. The topological polar surface area (TPSA) is 57.7 Å². The lowest BCUT2D eigenvalue weighted by Gasteiger charge is -2.36. The number of thiazole rings is 1. The predicted molar refractivity (Wildman–Crippen MR) is 131 cm³/mol. The third-order valence-electron chi connectivity index (χ3n) is 5.86. The first-order chi connectivity index (χ1) is 15.7.